The molecule has 2 saturated heterocycles. The average molecular weight is 742 g/mol. The van der Waals surface area contributed by atoms with Crippen LogP contribution < -0.4 is 14.5 Å². The number of amides is 4. The van der Waals surface area contributed by atoms with Gasteiger partial charge in [0.15, 0.2) is 33.0 Å². The van der Waals surface area contributed by atoms with Crippen LogP contribution in [-0.2, 0) is 19.2 Å². The minimum atomic E-state index is -2.73. The number of nitrogens with zero attached hydrogens (tertiary/aromatic N) is 2. The fourth-order valence-corrected chi connectivity index (χ4v) is 8.75. The van der Waals surface area contributed by atoms with Crippen LogP contribution in [0.15, 0.2) is 54.1 Å². The van der Waals surface area contributed by atoms with Crippen molar-refractivity contribution in [1.82, 2.24) is 0 Å². The molecule has 16 heteroatoms. The number of carbonyl (C=O) groups excluding carboxylic acids is 4. The van der Waals surface area contributed by atoms with Crippen LogP contribution in [0, 0.1) is 46.8 Å². The number of hydrogen-bond donors (Lipinski definition) is 1. The molecule has 0 radical (unpaired) electrons. The fraction of sp³-hybridized carbons (Fsp3) is 0.273. The van der Waals surface area contributed by atoms with Gasteiger partial charge in [0.2, 0.25) is 17.6 Å². The van der Waals surface area contributed by atoms with Crippen molar-refractivity contribution in [3.8, 4) is 11.5 Å². The summed E-state index contributed by atoms with van der Waals surface area (Å²) < 4.78 is 78.7. The number of fused-ring (bicyclic) bond motifs is 4. The fourth-order valence-electron chi connectivity index (χ4n) is 7.70. The van der Waals surface area contributed by atoms with Gasteiger partial charge in [0, 0.05) is 22.6 Å². The van der Waals surface area contributed by atoms with Crippen LogP contribution in [0.25, 0.3) is 0 Å². The Balaban J connectivity index is 1.45. The quantitative estimate of drug-likeness (QED) is 0.0817. The van der Waals surface area contributed by atoms with Crippen molar-refractivity contribution in [2.45, 2.75) is 28.5 Å². The Morgan fingerprint density at radius 1 is 0.816 bits per heavy atom. The highest BCUT2D eigenvalue weighted by atomic mass is 35.5. The van der Waals surface area contributed by atoms with Crippen LogP contribution in [0.2, 0.25) is 5.02 Å². The highest BCUT2D eigenvalue weighted by Gasteiger charge is 2.77. The summed E-state index contributed by atoms with van der Waals surface area (Å²) in [6.45, 7) is 0. The van der Waals surface area contributed by atoms with Crippen molar-refractivity contribution in [2.75, 3.05) is 16.9 Å². The Morgan fingerprint density at radius 2 is 1.43 bits per heavy atom. The van der Waals surface area contributed by atoms with Crippen LogP contribution in [0.4, 0.5) is 33.3 Å². The number of benzene rings is 3. The van der Waals surface area contributed by atoms with Gasteiger partial charge in [-0.15, -0.1) is 23.2 Å². The summed E-state index contributed by atoms with van der Waals surface area (Å²) in [7, 11) is 1.21. The number of alkyl halides is 2. The van der Waals surface area contributed by atoms with Gasteiger partial charge in [0.25, 0.3) is 11.8 Å². The molecule has 1 saturated carbocycles. The highest BCUT2D eigenvalue weighted by Crippen LogP contribution is 2.67. The van der Waals surface area contributed by atoms with E-state index in [2.05, 4.69) is 0 Å². The lowest BCUT2D eigenvalue weighted by atomic mass is 9.56. The number of methoxy groups -OCH3 is 1. The molecule has 7 rings (SSSR count). The summed E-state index contributed by atoms with van der Waals surface area (Å²) in [6.07, 6.45) is 0.846. The first kappa shape index (κ1) is 33.3. The Bertz CT molecular complexity index is 2040. The predicted octanol–water partition coefficient (Wildman–Crippen LogP) is 6.52. The third-order valence-corrected chi connectivity index (χ3v) is 11.5. The molecule has 49 heavy (non-hydrogen) atoms. The molecule has 6 atom stereocenters. The molecule has 0 bridgehead atoms. The molecular formula is C33H20Cl3F5N2O6. The van der Waals surface area contributed by atoms with Crippen molar-refractivity contribution in [2.24, 2.45) is 17.8 Å². The number of halogens is 8. The number of carbonyl (C=O) groups is 4. The van der Waals surface area contributed by atoms with Gasteiger partial charge in [-0.05, 0) is 49.1 Å². The van der Waals surface area contributed by atoms with Crippen LogP contribution in [0.5, 0.6) is 11.5 Å². The van der Waals surface area contributed by atoms with Crippen LogP contribution in [0.1, 0.15) is 24.3 Å². The third kappa shape index (κ3) is 4.27. The maximum absolute atomic E-state index is 15.2. The largest absolute Gasteiger partial charge is 0.508 e. The summed E-state index contributed by atoms with van der Waals surface area (Å²) in [5.41, 5.74) is -1.41. The molecule has 254 valence electrons. The van der Waals surface area contributed by atoms with E-state index in [-0.39, 0.29) is 39.6 Å². The zero-order valence-electron chi connectivity index (χ0n) is 24.7. The number of hydrogen-bond acceptors (Lipinski definition) is 6. The summed E-state index contributed by atoms with van der Waals surface area (Å²) in [6, 6.07) is 9.50. The zero-order valence-corrected chi connectivity index (χ0v) is 27.0. The lowest BCUT2D eigenvalue weighted by molar-refractivity contribution is -0.125. The van der Waals surface area contributed by atoms with E-state index in [0.717, 1.165) is 11.0 Å². The van der Waals surface area contributed by atoms with Crippen molar-refractivity contribution in [1.29, 1.82) is 0 Å². The minimum absolute atomic E-state index is 0.0291. The molecule has 3 aromatic rings. The smallest absolute Gasteiger partial charge is 0.258 e. The molecule has 2 aliphatic heterocycles. The van der Waals surface area contributed by atoms with Crippen LogP contribution in [-0.4, -0.2) is 45.6 Å². The van der Waals surface area contributed by atoms with Gasteiger partial charge in [-0.25, -0.2) is 26.9 Å². The molecule has 3 aromatic carbocycles. The first-order valence-electron chi connectivity index (χ1n) is 14.6. The van der Waals surface area contributed by atoms with E-state index in [4.69, 9.17) is 39.5 Å². The third-order valence-electron chi connectivity index (χ3n) is 9.83. The molecular weight excluding hydrogens is 722 g/mol. The lowest BCUT2D eigenvalue weighted by Crippen LogP contribution is -2.60. The standard InChI is InChI=1S/C33H20Cl3F5N2O6/c1-49-19-10-14(44)6-7-16(19)21-15-8-9-17-20(29(46)42(28(17)45)13-4-2-12(34)3-5-13)18(15)11-32(35)30(47)43(31(48)33(21,32)36)27-25(40)23(38)22(37)24(39)26(27)41/h2-8,10,17-18,20-21,44H,9,11H2,1H3/t17-,18+,20-,21+,32+,33-/m0/s1. The van der Waals surface area contributed by atoms with E-state index in [0.29, 0.717) is 5.02 Å². The summed E-state index contributed by atoms with van der Waals surface area (Å²) in [5.74, 6) is -22.0. The molecule has 1 N–H and O–H groups in total. The molecule has 4 amide bonds. The van der Waals surface area contributed by atoms with Gasteiger partial charge in [-0.1, -0.05) is 29.3 Å². The van der Waals surface area contributed by atoms with Crippen LogP contribution in [0.3, 0.4) is 0 Å². The first-order valence-corrected chi connectivity index (χ1v) is 15.7. The number of aromatic hydroxyl groups is 1. The number of imide groups is 2. The van der Waals surface area contributed by atoms with E-state index < -0.39 is 98.2 Å². The van der Waals surface area contributed by atoms with Crippen LogP contribution >= 0.6 is 34.8 Å². The topological polar surface area (TPSA) is 104 Å². The second kappa shape index (κ2) is 11.2. The SMILES string of the molecule is COc1cc(O)ccc1[C@H]1C2=CC[C@@H]3C(=O)N(c4ccc(Cl)cc4)C(=O)[C@@H]3[C@@H]2C[C@@]2(Cl)C(=O)N(c3c(F)c(F)c(F)c(F)c3F)C(=O)[C@@]12Cl. The molecule has 3 fully saturated rings. The van der Waals surface area contributed by atoms with Gasteiger partial charge >= 0.3 is 0 Å². The molecule has 4 aliphatic rings. The number of anilines is 2. The average Bonchev–Trinajstić information content (AvgIpc) is 3.41. The van der Waals surface area contributed by atoms with Crippen molar-refractivity contribution in [3.63, 3.8) is 0 Å². The van der Waals surface area contributed by atoms with Gasteiger partial charge < -0.3 is 9.84 Å². The number of ether oxygens (including phenoxy) is 1. The first-order chi connectivity index (χ1) is 23.1. The van der Waals surface area contributed by atoms with E-state index in [1.54, 1.807) is 6.08 Å². The van der Waals surface area contributed by atoms with Gasteiger partial charge in [-0.3, -0.25) is 24.1 Å². The summed E-state index contributed by atoms with van der Waals surface area (Å²) >= 11 is 20.2. The number of phenols is 1. The molecule has 2 aliphatic carbocycles. The van der Waals surface area contributed by atoms with Gasteiger partial charge in [0.1, 0.15) is 17.2 Å². The molecule has 0 unspecified atom stereocenters. The second-order valence-electron chi connectivity index (χ2n) is 12.1. The molecule has 0 spiro atoms. The number of phenolic OH excluding ortho intramolecular Hbond substituents is 1. The summed E-state index contributed by atoms with van der Waals surface area (Å²) in [5, 5.41) is 10.5. The second-order valence-corrected chi connectivity index (χ2v) is 13.8. The Morgan fingerprint density at radius 3 is 2.04 bits per heavy atom. The molecule has 8 nitrogen and oxygen atoms in total. The number of rotatable bonds is 4. The summed E-state index contributed by atoms with van der Waals surface area (Å²) in [4.78, 5) is 51.8. The molecule has 2 heterocycles. The lowest BCUT2D eigenvalue weighted by Gasteiger charge is -2.50. The normalized spacial score (nSPS) is 29.2. The van der Waals surface area contributed by atoms with Crippen molar-refractivity contribution in [3.05, 3.63) is 93.8 Å². The predicted molar refractivity (Wildman–Crippen MR) is 165 cm³/mol. The van der Waals surface area contributed by atoms with E-state index in [9.17, 15) is 37.5 Å². The molecule has 0 aromatic heterocycles. The Kier molecular flexibility index (Phi) is 7.58. The van der Waals surface area contributed by atoms with Gasteiger partial charge in [-0.2, -0.15) is 0 Å². The Hall–Kier alpha value is -4.20. The van der Waals surface area contributed by atoms with E-state index in [1.807, 2.05) is 0 Å². The highest BCUT2D eigenvalue weighted by molar-refractivity contribution is 6.58. The number of allylic oxidation sites excluding steroid dienone is 2. The zero-order chi connectivity index (χ0) is 35.5. The maximum Gasteiger partial charge on any atom is 0.258 e. The van der Waals surface area contributed by atoms with Gasteiger partial charge in [0.05, 0.1) is 24.6 Å². The van der Waals surface area contributed by atoms with E-state index in [1.165, 1.54) is 43.5 Å². The Labute approximate surface area is 288 Å². The minimum Gasteiger partial charge on any atom is -0.508 e. The maximum atomic E-state index is 15.2. The monoisotopic (exact) mass is 740 g/mol. The van der Waals surface area contributed by atoms with Crippen molar-refractivity contribution >= 4 is 69.8 Å². The van der Waals surface area contributed by atoms with Crippen molar-refractivity contribution < 1.29 is 51.0 Å². The van der Waals surface area contributed by atoms with E-state index >= 15 is 8.78 Å².